The van der Waals surface area contributed by atoms with E-state index < -0.39 is 0 Å². The van der Waals surface area contributed by atoms with Crippen molar-refractivity contribution in [3.05, 3.63) is 11.9 Å². The molecule has 0 atom stereocenters. The summed E-state index contributed by atoms with van der Waals surface area (Å²) in [5.74, 6) is 0.833. The number of ketones is 1. The SMILES string of the molecule is CC.CC(=O)C1CC1.CC=O.Cc1cn(C)nn1. The van der Waals surface area contributed by atoms with E-state index >= 15 is 0 Å². The van der Waals surface area contributed by atoms with Crippen LogP contribution >= 0.6 is 0 Å². The Bertz CT molecular complexity index is 314. The van der Waals surface area contributed by atoms with Crippen molar-refractivity contribution in [1.29, 1.82) is 0 Å². The number of nitrogens with zero attached hydrogens (tertiary/aromatic N) is 3. The highest BCUT2D eigenvalue weighted by atomic mass is 16.1. The summed E-state index contributed by atoms with van der Waals surface area (Å²) >= 11 is 0. The van der Waals surface area contributed by atoms with Crippen LogP contribution in [0.5, 0.6) is 0 Å². The summed E-state index contributed by atoms with van der Waals surface area (Å²) in [6.07, 6.45) is 4.91. The van der Waals surface area contributed by atoms with Gasteiger partial charge in [-0.05, 0) is 33.6 Å². The van der Waals surface area contributed by atoms with Crippen molar-refractivity contribution in [1.82, 2.24) is 15.0 Å². The van der Waals surface area contributed by atoms with Crippen molar-refractivity contribution in [2.45, 2.75) is 47.5 Å². The summed E-state index contributed by atoms with van der Waals surface area (Å²) in [5, 5.41) is 7.41. The molecule has 5 heteroatoms. The van der Waals surface area contributed by atoms with Gasteiger partial charge in [-0.2, -0.15) is 0 Å². The highest BCUT2D eigenvalue weighted by Gasteiger charge is 2.25. The van der Waals surface area contributed by atoms with Gasteiger partial charge < -0.3 is 4.79 Å². The van der Waals surface area contributed by atoms with Crippen LogP contribution in [0.25, 0.3) is 0 Å². The Labute approximate surface area is 110 Å². The van der Waals surface area contributed by atoms with E-state index in [1.165, 1.54) is 6.92 Å². The number of aromatic nitrogens is 3. The van der Waals surface area contributed by atoms with Crippen molar-refractivity contribution in [2.75, 3.05) is 0 Å². The van der Waals surface area contributed by atoms with Gasteiger partial charge in [-0.15, -0.1) is 5.10 Å². The molecular weight excluding hydrogens is 230 g/mol. The van der Waals surface area contributed by atoms with E-state index in [9.17, 15) is 4.79 Å². The molecule has 0 unspecified atom stereocenters. The Morgan fingerprint density at radius 3 is 1.94 bits per heavy atom. The van der Waals surface area contributed by atoms with Crippen LogP contribution in [0.2, 0.25) is 0 Å². The molecule has 1 saturated carbocycles. The number of rotatable bonds is 1. The highest BCUT2D eigenvalue weighted by Crippen LogP contribution is 2.29. The van der Waals surface area contributed by atoms with E-state index in [0.717, 1.165) is 24.8 Å². The lowest BCUT2D eigenvalue weighted by atomic mass is 10.3. The Hall–Kier alpha value is -1.52. The van der Waals surface area contributed by atoms with E-state index in [1.807, 2.05) is 34.0 Å². The summed E-state index contributed by atoms with van der Waals surface area (Å²) in [4.78, 5) is 19.0. The number of aldehydes is 1. The lowest BCUT2D eigenvalue weighted by Gasteiger charge is -1.75. The molecule has 0 spiro atoms. The molecule has 1 fully saturated rings. The molecule has 0 amide bonds. The van der Waals surface area contributed by atoms with Crippen molar-refractivity contribution in [3.8, 4) is 0 Å². The Morgan fingerprint density at radius 1 is 1.44 bits per heavy atom. The van der Waals surface area contributed by atoms with Crippen molar-refractivity contribution < 1.29 is 9.59 Å². The number of hydrogen-bond donors (Lipinski definition) is 0. The second-order valence-corrected chi connectivity index (χ2v) is 3.65. The third kappa shape index (κ3) is 12.5. The summed E-state index contributed by atoms with van der Waals surface area (Å²) < 4.78 is 1.68. The molecule has 0 aliphatic heterocycles. The van der Waals surface area contributed by atoms with Crippen LogP contribution in [-0.2, 0) is 16.6 Å². The van der Waals surface area contributed by atoms with Gasteiger partial charge in [0.2, 0.25) is 0 Å². The molecule has 1 aromatic rings. The Morgan fingerprint density at radius 2 is 1.89 bits per heavy atom. The molecule has 0 aromatic carbocycles. The molecule has 0 N–H and O–H groups in total. The van der Waals surface area contributed by atoms with E-state index in [1.54, 1.807) is 11.6 Å². The van der Waals surface area contributed by atoms with E-state index in [2.05, 4.69) is 10.3 Å². The lowest BCUT2D eigenvalue weighted by molar-refractivity contribution is -0.118. The maximum absolute atomic E-state index is 10.2. The number of hydrogen-bond acceptors (Lipinski definition) is 4. The zero-order valence-electron chi connectivity index (χ0n) is 12.3. The van der Waals surface area contributed by atoms with Crippen molar-refractivity contribution >= 4 is 12.1 Å². The minimum atomic E-state index is 0.370. The topological polar surface area (TPSA) is 64.8 Å². The number of carbonyl (C=O) groups excluding carboxylic acids is 2. The molecule has 104 valence electrons. The molecule has 1 aromatic heterocycles. The normalized spacial score (nSPS) is 11.7. The zero-order valence-corrected chi connectivity index (χ0v) is 12.3. The van der Waals surface area contributed by atoms with Crippen LogP contribution < -0.4 is 0 Å². The second kappa shape index (κ2) is 12.0. The number of aryl methyl sites for hydroxylation is 2. The number of Topliss-reactive ketones (excluding diaryl/α,β-unsaturated/α-hetero) is 1. The lowest BCUT2D eigenvalue weighted by Crippen LogP contribution is -1.88. The summed E-state index contributed by atoms with van der Waals surface area (Å²) in [6, 6.07) is 0. The molecule has 5 nitrogen and oxygen atoms in total. The first-order valence-electron chi connectivity index (χ1n) is 6.24. The smallest absolute Gasteiger partial charge is 0.132 e. The Balaban J connectivity index is 0. The predicted molar refractivity (Wildman–Crippen MR) is 72.2 cm³/mol. The highest BCUT2D eigenvalue weighted by molar-refractivity contribution is 5.80. The van der Waals surface area contributed by atoms with Crippen LogP contribution in [0.15, 0.2) is 6.20 Å². The first kappa shape index (κ1) is 18.8. The van der Waals surface area contributed by atoms with Gasteiger partial charge in [-0.3, -0.25) is 9.48 Å². The van der Waals surface area contributed by atoms with Gasteiger partial charge in [0.15, 0.2) is 0 Å². The van der Waals surface area contributed by atoms with Crippen LogP contribution in [0, 0.1) is 12.8 Å². The average Bonchev–Trinajstić information content (AvgIpc) is 3.10. The largest absolute Gasteiger partial charge is 0.304 e. The monoisotopic (exact) mass is 255 g/mol. The van der Waals surface area contributed by atoms with Crippen molar-refractivity contribution in [2.24, 2.45) is 13.0 Å². The first-order valence-corrected chi connectivity index (χ1v) is 6.24. The summed E-state index contributed by atoms with van der Waals surface area (Å²) in [6.45, 7) is 9.02. The molecule has 0 bridgehead atoms. The minimum absolute atomic E-state index is 0.370. The van der Waals surface area contributed by atoms with E-state index in [-0.39, 0.29) is 0 Å². The fourth-order valence-corrected chi connectivity index (χ4v) is 0.953. The quantitative estimate of drug-likeness (QED) is 0.722. The van der Waals surface area contributed by atoms with Crippen LogP contribution in [-0.4, -0.2) is 27.1 Å². The number of carbonyl (C=O) groups is 2. The van der Waals surface area contributed by atoms with Gasteiger partial charge >= 0.3 is 0 Å². The molecule has 1 aliphatic carbocycles. The maximum Gasteiger partial charge on any atom is 0.132 e. The second-order valence-electron chi connectivity index (χ2n) is 3.65. The van der Waals surface area contributed by atoms with Gasteiger partial charge in [0.05, 0.1) is 5.69 Å². The summed E-state index contributed by atoms with van der Waals surface area (Å²) in [7, 11) is 1.85. The third-order valence-electron chi connectivity index (χ3n) is 1.87. The molecule has 1 aliphatic rings. The maximum atomic E-state index is 10.2. The molecule has 0 saturated heterocycles. The van der Waals surface area contributed by atoms with Crippen LogP contribution in [0.3, 0.4) is 0 Å². The average molecular weight is 255 g/mol. The molecule has 0 radical (unpaired) electrons. The van der Waals surface area contributed by atoms with Crippen LogP contribution in [0.4, 0.5) is 0 Å². The predicted octanol–water partition coefficient (Wildman–Crippen LogP) is 2.34. The Kier molecular flexibility index (Phi) is 12.5. The van der Waals surface area contributed by atoms with Gasteiger partial charge in [0.25, 0.3) is 0 Å². The molecular formula is C13H25N3O2. The van der Waals surface area contributed by atoms with E-state index in [0.29, 0.717) is 11.7 Å². The molecule has 2 rings (SSSR count). The van der Waals surface area contributed by atoms with Gasteiger partial charge in [-0.1, -0.05) is 19.1 Å². The standard InChI is InChI=1S/C5H8O.C4H7N3.C2H4O.C2H6/c1-4(6)5-2-3-5;1-4-3-7(2)6-5-4;1-2-3;1-2/h5H,2-3H2,1H3;3H,1-2H3;2H,1H3;1-2H3. The zero-order chi connectivity index (χ0) is 14.6. The molecule has 18 heavy (non-hydrogen) atoms. The third-order valence-corrected chi connectivity index (χ3v) is 1.87. The van der Waals surface area contributed by atoms with Crippen LogP contribution in [0.1, 0.15) is 46.2 Å². The summed E-state index contributed by atoms with van der Waals surface area (Å²) in [5.41, 5.74) is 0.961. The van der Waals surface area contributed by atoms with Gasteiger partial charge in [-0.25, -0.2) is 0 Å². The van der Waals surface area contributed by atoms with Gasteiger partial charge in [0, 0.05) is 19.2 Å². The first-order chi connectivity index (χ1) is 8.51. The fourth-order valence-electron chi connectivity index (χ4n) is 0.953. The van der Waals surface area contributed by atoms with Crippen molar-refractivity contribution in [3.63, 3.8) is 0 Å². The fraction of sp³-hybridized carbons (Fsp3) is 0.692. The van der Waals surface area contributed by atoms with Gasteiger partial charge in [0.1, 0.15) is 12.1 Å². The minimum Gasteiger partial charge on any atom is -0.304 e. The molecule has 1 heterocycles. The van der Waals surface area contributed by atoms with E-state index in [4.69, 9.17) is 4.79 Å².